The lowest BCUT2D eigenvalue weighted by molar-refractivity contribution is -0.0453. The van der Waals surface area contributed by atoms with Gasteiger partial charge >= 0.3 is 0 Å². The highest BCUT2D eigenvalue weighted by Gasteiger charge is 2.58. The van der Waals surface area contributed by atoms with E-state index in [1.807, 2.05) is 0 Å². The van der Waals surface area contributed by atoms with Crippen LogP contribution in [0.3, 0.4) is 0 Å². The normalized spacial score (nSPS) is 38.1. The van der Waals surface area contributed by atoms with Gasteiger partial charge in [-0.1, -0.05) is 91.7 Å². The molecule has 3 saturated carbocycles. The van der Waals surface area contributed by atoms with Crippen molar-refractivity contribution in [2.45, 2.75) is 78.2 Å². The van der Waals surface area contributed by atoms with Crippen LogP contribution in [0.2, 0.25) is 0 Å². The first-order valence-electron chi connectivity index (χ1n) is 14.1. The number of hydrogen-bond donors (Lipinski definition) is 1. The van der Waals surface area contributed by atoms with E-state index in [-0.39, 0.29) is 6.10 Å². The second-order valence-electron chi connectivity index (χ2n) is 12.6. The van der Waals surface area contributed by atoms with Crippen LogP contribution >= 0.6 is 0 Å². The first-order valence-corrected chi connectivity index (χ1v) is 14.1. The van der Waals surface area contributed by atoms with Crippen LogP contribution in [0.5, 0.6) is 0 Å². The summed E-state index contributed by atoms with van der Waals surface area (Å²) in [5.74, 6) is 3.08. The van der Waals surface area contributed by atoms with Gasteiger partial charge in [-0.25, -0.2) is 0 Å². The van der Waals surface area contributed by atoms with Gasteiger partial charge in [0, 0.05) is 0 Å². The molecule has 184 valence electrons. The Morgan fingerprint density at radius 1 is 0.800 bits per heavy atom. The van der Waals surface area contributed by atoms with Crippen LogP contribution in [0.4, 0.5) is 0 Å². The van der Waals surface area contributed by atoms with Crippen LogP contribution in [0.25, 0.3) is 5.57 Å². The van der Waals surface area contributed by atoms with E-state index in [0.717, 1.165) is 30.6 Å². The van der Waals surface area contributed by atoms with Crippen LogP contribution in [0.15, 0.2) is 77.9 Å². The Bertz CT molecular complexity index is 1090. The molecule has 4 aliphatic rings. The van der Waals surface area contributed by atoms with Crippen LogP contribution in [-0.2, 0) is 0 Å². The van der Waals surface area contributed by atoms with E-state index < -0.39 is 0 Å². The largest absolute Gasteiger partial charge is 0.393 e. The second-order valence-corrected chi connectivity index (χ2v) is 12.6. The number of aliphatic hydroxyl groups is 1. The molecule has 0 radical (unpaired) electrons. The molecule has 0 saturated heterocycles. The SMILES string of the molecule is CC(=C(c1ccccc1)c1ccccc1)[C@@H]1CC[C@@H]2[C@H]3CC=C4C[C@H](O)CC[C@]4(C)[C@@H]3CC[C@@]21C. The van der Waals surface area contributed by atoms with Crippen molar-refractivity contribution in [1.29, 1.82) is 0 Å². The van der Waals surface area contributed by atoms with E-state index in [4.69, 9.17) is 0 Å². The monoisotopic (exact) mass is 466 g/mol. The van der Waals surface area contributed by atoms with Crippen LogP contribution in [-0.4, -0.2) is 11.2 Å². The predicted molar refractivity (Wildman–Crippen MR) is 146 cm³/mol. The molecule has 7 atom stereocenters. The van der Waals surface area contributed by atoms with Gasteiger partial charge in [0.25, 0.3) is 0 Å². The van der Waals surface area contributed by atoms with Crippen molar-refractivity contribution in [3.63, 3.8) is 0 Å². The highest BCUT2D eigenvalue weighted by Crippen LogP contribution is 2.67. The van der Waals surface area contributed by atoms with E-state index in [9.17, 15) is 5.11 Å². The zero-order chi connectivity index (χ0) is 24.2. The summed E-state index contributed by atoms with van der Waals surface area (Å²) >= 11 is 0. The molecule has 0 heterocycles. The summed E-state index contributed by atoms with van der Waals surface area (Å²) in [6, 6.07) is 22.2. The maximum Gasteiger partial charge on any atom is 0.0577 e. The Morgan fingerprint density at radius 2 is 1.46 bits per heavy atom. The fourth-order valence-corrected chi connectivity index (χ4v) is 9.36. The number of rotatable bonds is 3. The lowest BCUT2D eigenvalue weighted by Crippen LogP contribution is -2.50. The molecular formula is C34H42O. The first kappa shape index (κ1) is 23.3. The van der Waals surface area contributed by atoms with Gasteiger partial charge in [-0.2, -0.15) is 0 Å². The molecular weight excluding hydrogens is 424 g/mol. The van der Waals surface area contributed by atoms with Gasteiger partial charge in [0.05, 0.1) is 6.10 Å². The maximum absolute atomic E-state index is 10.3. The van der Waals surface area contributed by atoms with Crippen molar-refractivity contribution in [2.24, 2.45) is 34.5 Å². The highest BCUT2D eigenvalue weighted by molar-refractivity contribution is 5.82. The van der Waals surface area contributed by atoms with Crippen LogP contribution < -0.4 is 0 Å². The topological polar surface area (TPSA) is 20.2 Å². The molecule has 0 aromatic heterocycles. The van der Waals surface area contributed by atoms with Gasteiger partial charge in [-0.3, -0.25) is 0 Å². The molecule has 0 aliphatic heterocycles. The van der Waals surface area contributed by atoms with Gasteiger partial charge in [0.1, 0.15) is 0 Å². The number of hydrogen-bond acceptors (Lipinski definition) is 1. The van der Waals surface area contributed by atoms with Crippen molar-refractivity contribution in [3.05, 3.63) is 89.0 Å². The summed E-state index contributed by atoms with van der Waals surface area (Å²) in [7, 11) is 0. The first-order chi connectivity index (χ1) is 16.9. The molecule has 1 heteroatoms. The molecule has 35 heavy (non-hydrogen) atoms. The van der Waals surface area contributed by atoms with E-state index in [1.54, 1.807) is 11.1 Å². The molecule has 2 aromatic carbocycles. The van der Waals surface area contributed by atoms with Gasteiger partial charge in [-0.05, 0) is 109 Å². The molecule has 1 nitrogen and oxygen atoms in total. The Hall–Kier alpha value is -2.12. The summed E-state index contributed by atoms with van der Waals surface area (Å²) in [4.78, 5) is 0. The van der Waals surface area contributed by atoms with E-state index >= 15 is 0 Å². The minimum Gasteiger partial charge on any atom is -0.393 e. The quantitative estimate of drug-likeness (QED) is 0.450. The van der Waals surface area contributed by atoms with Gasteiger partial charge < -0.3 is 5.11 Å². The lowest BCUT2D eigenvalue weighted by Gasteiger charge is -2.58. The molecule has 0 bridgehead atoms. The summed E-state index contributed by atoms with van der Waals surface area (Å²) < 4.78 is 0. The number of fused-ring (bicyclic) bond motifs is 5. The average Bonchev–Trinajstić information content (AvgIpc) is 3.23. The Labute approximate surface area is 212 Å². The van der Waals surface area contributed by atoms with Crippen molar-refractivity contribution in [1.82, 2.24) is 0 Å². The van der Waals surface area contributed by atoms with Crippen molar-refractivity contribution in [3.8, 4) is 0 Å². The van der Waals surface area contributed by atoms with Crippen LogP contribution in [0, 0.1) is 34.5 Å². The van der Waals surface area contributed by atoms with Crippen molar-refractivity contribution in [2.75, 3.05) is 0 Å². The average molecular weight is 467 g/mol. The fraction of sp³-hybridized carbons (Fsp3) is 0.529. The summed E-state index contributed by atoms with van der Waals surface area (Å²) in [5, 5.41) is 10.3. The number of benzene rings is 2. The van der Waals surface area contributed by atoms with Crippen molar-refractivity contribution < 1.29 is 5.11 Å². The second kappa shape index (κ2) is 8.77. The van der Waals surface area contributed by atoms with Crippen molar-refractivity contribution >= 4 is 5.57 Å². The number of aliphatic hydroxyl groups excluding tert-OH is 1. The summed E-state index contributed by atoms with van der Waals surface area (Å²) in [6.45, 7) is 7.64. The Balaban J connectivity index is 1.37. The predicted octanol–water partition coefficient (Wildman–Crippen LogP) is 8.45. The Morgan fingerprint density at radius 3 is 2.11 bits per heavy atom. The highest BCUT2D eigenvalue weighted by atomic mass is 16.3. The van der Waals surface area contributed by atoms with Gasteiger partial charge in [0.15, 0.2) is 0 Å². The fourth-order valence-electron chi connectivity index (χ4n) is 9.36. The van der Waals surface area contributed by atoms with E-state index in [2.05, 4.69) is 87.5 Å². The molecule has 6 rings (SSSR count). The Kier molecular flexibility index (Phi) is 5.83. The zero-order valence-electron chi connectivity index (χ0n) is 21.8. The third kappa shape index (κ3) is 3.69. The summed E-state index contributed by atoms with van der Waals surface area (Å²) in [6.07, 6.45) is 12.2. The maximum atomic E-state index is 10.3. The van der Waals surface area contributed by atoms with Gasteiger partial charge in [0.2, 0.25) is 0 Å². The molecule has 4 aliphatic carbocycles. The molecule has 1 N–H and O–H groups in total. The summed E-state index contributed by atoms with van der Waals surface area (Å²) in [5.41, 5.74) is 8.07. The molecule has 0 spiro atoms. The molecule has 3 fully saturated rings. The van der Waals surface area contributed by atoms with E-state index in [1.165, 1.54) is 55.2 Å². The number of allylic oxidation sites excluding steroid dienone is 2. The molecule has 0 amide bonds. The minimum absolute atomic E-state index is 0.113. The third-order valence-corrected chi connectivity index (χ3v) is 11.1. The minimum atomic E-state index is -0.113. The standard InChI is InChI=1S/C34H42O/c1-23(32(24-10-6-4-7-11-24)25-12-8-5-9-13-25)29-16-17-30-28-15-14-26-22-27(35)18-20-33(26,2)31(28)19-21-34(29,30)3/h4-14,27-31,35H,15-22H2,1-3H3/t27-,28-,29+,30-,31-,33+,34-/m1/s1. The lowest BCUT2D eigenvalue weighted by atomic mass is 9.47. The van der Waals surface area contributed by atoms with Gasteiger partial charge in [-0.15, -0.1) is 0 Å². The smallest absolute Gasteiger partial charge is 0.0577 e. The molecule has 2 aromatic rings. The van der Waals surface area contributed by atoms with Crippen LogP contribution in [0.1, 0.15) is 83.3 Å². The van der Waals surface area contributed by atoms with E-state index in [0.29, 0.717) is 16.7 Å². The third-order valence-electron chi connectivity index (χ3n) is 11.1. The zero-order valence-corrected chi connectivity index (χ0v) is 21.8. The molecule has 0 unspecified atom stereocenters.